The molecule has 0 bridgehead atoms. The molecule has 5 heterocycles. The summed E-state index contributed by atoms with van der Waals surface area (Å²) in [6.45, 7) is 10.9. The average Bonchev–Trinajstić information content (AvgIpc) is 4.39. The number of allylic oxidation sites excluding steroid dienone is 1. The molecule has 2 aliphatic rings. The molecular formula is C69H53N5O2. The van der Waals surface area contributed by atoms with E-state index in [0.29, 0.717) is 34.1 Å². The maximum atomic E-state index is 17.2. The lowest BCUT2D eigenvalue weighted by Gasteiger charge is -2.28. The average molecular weight is 984 g/mol. The van der Waals surface area contributed by atoms with Gasteiger partial charge in [0.2, 0.25) is 0 Å². The number of imide groups is 1. The van der Waals surface area contributed by atoms with Gasteiger partial charge in [0, 0.05) is 43.4 Å². The second-order valence-electron chi connectivity index (χ2n) is 21.6. The van der Waals surface area contributed by atoms with Gasteiger partial charge in [0.25, 0.3) is 11.8 Å². The minimum absolute atomic E-state index is 0.00212. The molecule has 2 amide bonds. The van der Waals surface area contributed by atoms with E-state index in [1.54, 1.807) is 4.90 Å². The molecule has 7 heteroatoms. The first kappa shape index (κ1) is 44.3. The molecule has 15 rings (SSSR count). The second kappa shape index (κ2) is 16.4. The van der Waals surface area contributed by atoms with Crippen LogP contribution in [0.4, 0.5) is 5.69 Å². The summed E-state index contributed by atoms with van der Waals surface area (Å²) in [7, 11) is 0. The van der Waals surface area contributed by atoms with E-state index in [1.807, 2.05) is 0 Å². The van der Waals surface area contributed by atoms with Crippen LogP contribution in [0.15, 0.2) is 194 Å². The molecule has 0 saturated heterocycles. The summed E-state index contributed by atoms with van der Waals surface area (Å²) >= 11 is 0. The number of para-hydroxylation sites is 8. The van der Waals surface area contributed by atoms with Gasteiger partial charge in [-0.15, -0.1) is 0 Å². The van der Waals surface area contributed by atoms with Gasteiger partial charge >= 0.3 is 0 Å². The molecule has 7 nitrogen and oxygen atoms in total. The van der Waals surface area contributed by atoms with Crippen LogP contribution < -0.4 is 4.90 Å². The largest absolute Gasteiger partial charge is 0.306 e. The number of hydrogen-bond donors (Lipinski definition) is 0. The number of carbonyl (C=O) groups is 2. The SMILES string of the molecule is CC1C=Cc2c(c3ccccc3n2-c2c(-n3c4ccccc4c4ccccc43)c3c(c(-n4c5ccccc5c5ccccc54)c2-n2c4ccccc4c4ccccc42)C(=O)N(c2c(C(C)C)cccc2C(C)C)C3=O)C1. The Labute approximate surface area is 439 Å². The second-order valence-corrected chi connectivity index (χ2v) is 21.6. The van der Waals surface area contributed by atoms with E-state index in [0.717, 1.165) is 111 Å². The van der Waals surface area contributed by atoms with Crippen molar-refractivity contribution in [2.75, 3.05) is 4.90 Å². The number of amides is 2. The Morgan fingerprint density at radius 3 is 1.05 bits per heavy atom. The molecule has 76 heavy (non-hydrogen) atoms. The summed E-state index contributed by atoms with van der Waals surface area (Å²) in [6, 6.07) is 66.4. The zero-order chi connectivity index (χ0) is 51.2. The molecule has 1 aliphatic heterocycles. The third-order valence-corrected chi connectivity index (χ3v) is 16.6. The van der Waals surface area contributed by atoms with Crippen molar-refractivity contribution in [2.24, 2.45) is 5.92 Å². The molecular weight excluding hydrogens is 931 g/mol. The molecule has 1 unspecified atom stereocenters. The van der Waals surface area contributed by atoms with Gasteiger partial charge < -0.3 is 18.3 Å². The number of benzene rings is 9. The van der Waals surface area contributed by atoms with Crippen LogP contribution in [0.1, 0.15) is 89.6 Å². The lowest BCUT2D eigenvalue weighted by Crippen LogP contribution is -2.32. The van der Waals surface area contributed by atoms with Crippen LogP contribution in [-0.4, -0.2) is 30.1 Å². The standard InChI is InChI=1S/C69H53N5O2/c1-40(2)43-28-20-29-44(41(3)4)63(43)74-68(75)61-62(69(74)76)65(71-55-32-15-8-23-47(55)48-24-9-16-33-56(48)71)67(73-59-36-19-12-27-51(59)52-39-42(5)37-38-60(52)73)66(72-57-34-17-10-25-49(57)50-26-11-18-35-58(50)72)64(61)70-53-30-13-6-21-45(53)46-22-7-14-31-54(46)70/h6-38,40-42H,39H2,1-5H3. The molecule has 0 radical (unpaired) electrons. The van der Waals surface area contributed by atoms with Crippen molar-refractivity contribution in [3.05, 3.63) is 228 Å². The van der Waals surface area contributed by atoms with Gasteiger partial charge in [0.05, 0.1) is 78.2 Å². The zero-order valence-corrected chi connectivity index (χ0v) is 43.0. The Morgan fingerprint density at radius 1 is 0.368 bits per heavy atom. The van der Waals surface area contributed by atoms with Gasteiger partial charge in [-0.3, -0.25) is 9.59 Å². The summed E-state index contributed by atoms with van der Waals surface area (Å²) in [5, 5.41) is 7.53. The van der Waals surface area contributed by atoms with E-state index < -0.39 is 0 Å². The highest BCUT2D eigenvalue weighted by molar-refractivity contribution is 6.39. The van der Waals surface area contributed by atoms with Gasteiger partial charge in [-0.05, 0) is 89.4 Å². The summed E-state index contributed by atoms with van der Waals surface area (Å²) in [5.41, 5.74) is 15.2. The van der Waals surface area contributed by atoms with Crippen molar-refractivity contribution in [1.29, 1.82) is 0 Å². The van der Waals surface area contributed by atoms with Crippen LogP contribution in [0.2, 0.25) is 0 Å². The predicted octanol–water partition coefficient (Wildman–Crippen LogP) is 17.2. The number of fused-ring (bicyclic) bond motifs is 13. The number of rotatable bonds is 7. The van der Waals surface area contributed by atoms with E-state index in [4.69, 9.17) is 0 Å². The van der Waals surface area contributed by atoms with Crippen molar-refractivity contribution in [3.63, 3.8) is 0 Å². The van der Waals surface area contributed by atoms with E-state index in [2.05, 4.69) is 253 Å². The van der Waals surface area contributed by atoms with Gasteiger partial charge in [-0.1, -0.05) is 186 Å². The van der Waals surface area contributed by atoms with Crippen LogP contribution in [0, 0.1) is 5.92 Å². The van der Waals surface area contributed by atoms with Crippen molar-refractivity contribution in [1.82, 2.24) is 18.3 Å². The summed E-state index contributed by atoms with van der Waals surface area (Å²) < 4.78 is 9.48. The van der Waals surface area contributed by atoms with E-state index in [1.165, 1.54) is 5.56 Å². The van der Waals surface area contributed by atoms with Crippen molar-refractivity contribution < 1.29 is 9.59 Å². The topological polar surface area (TPSA) is 57.1 Å². The molecule has 9 aromatic carbocycles. The van der Waals surface area contributed by atoms with Crippen LogP contribution in [-0.2, 0) is 6.42 Å². The van der Waals surface area contributed by atoms with Crippen molar-refractivity contribution in [2.45, 2.75) is 52.9 Å². The summed E-state index contributed by atoms with van der Waals surface area (Å²) in [4.78, 5) is 35.9. The lowest BCUT2D eigenvalue weighted by atomic mass is 9.92. The minimum atomic E-state index is -0.351. The number of anilines is 1. The van der Waals surface area contributed by atoms with Gasteiger partial charge in [0.1, 0.15) is 0 Å². The van der Waals surface area contributed by atoms with Crippen LogP contribution >= 0.6 is 0 Å². The van der Waals surface area contributed by atoms with Crippen molar-refractivity contribution >= 4 is 99.9 Å². The molecule has 366 valence electrons. The van der Waals surface area contributed by atoms with Crippen LogP contribution in [0.3, 0.4) is 0 Å². The molecule has 0 spiro atoms. The molecule has 4 aromatic heterocycles. The Balaban J connectivity index is 1.29. The Kier molecular flexibility index (Phi) is 9.56. The normalized spacial score (nSPS) is 14.7. The van der Waals surface area contributed by atoms with Crippen LogP contribution in [0.25, 0.3) is 105 Å². The molecule has 0 N–H and O–H groups in total. The monoisotopic (exact) mass is 983 g/mol. The van der Waals surface area contributed by atoms with Gasteiger partial charge in [-0.25, -0.2) is 4.90 Å². The number of hydrogen-bond acceptors (Lipinski definition) is 2. The smallest absolute Gasteiger partial charge is 0.268 e. The quantitative estimate of drug-likeness (QED) is 0.149. The van der Waals surface area contributed by atoms with Gasteiger partial charge in [-0.2, -0.15) is 0 Å². The molecule has 1 aliphatic carbocycles. The fourth-order valence-electron chi connectivity index (χ4n) is 13.4. The third kappa shape index (κ3) is 5.94. The highest BCUT2D eigenvalue weighted by Crippen LogP contribution is 2.53. The number of carbonyl (C=O) groups excluding carboxylic acids is 2. The maximum Gasteiger partial charge on any atom is 0.268 e. The van der Waals surface area contributed by atoms with Gasteiger partial charge in [0.15, 0.2) is 0 Å². The van der Waals surface area contributed by atoms with E-state index in [9.17, 15) is 0 Å². The minimum Gasteiger partial charge on any atom is -0.306 e. The lowest BCUT2D eigenvalue weighted by molar-refractivity contribution is 0.0925. The number of aromatic nitrogens is 4. The Hall–Kier alpha value is -9.20. The highest BCUT2D eigenvalue weighted by atomic mass is 16.2. The van der Waals surface area contributed by atoms with Crippen molar-refractivity contribution in [3.8, 4) is 22.7 Å². The Bertz CT molecular complexity index is 4520. The Morgan fingerprint density at radius 2 is 0.684 bits per heavy atom. The molecule has 1 atom stereocenters. The first-order valence-electron chi connectivity index (χ1n) is 26.7. The highest BCUT2D eigenvalue weighted by Gasteiger charge is 2.48. The third-order valence-electron chi connectivity index (χ3n) is 16.6. The molecule has 13 aromatic rings. The fourth-order valence-corrected chi connectivity index (χ4v) is 13.4. The summed E-state index contributed by atoms with van der Waals surface area (Å²) in [6.07, 6.45) is 5.47. The predicted molar refractivity (Wildman–Crippen MR) is 314 cm³/mol. The molecule has 0 fully saturated rings. The fraction of sp³-hybridized carbons (Fsp3) is 0.130. The first-order chi connectivity index (χ1) is 37.2. The number of nitrogens with zero attached hydrogens (tertiary/aromatic N) is 5. The van der Waals surface area contributed by atoms with E-state index in [-0.39, 0.29) is 23.7 Å². The maximum absolute atomic E-state index is 17.2. The summed E-state index contributed by atoms with van der Waals surface area (Å²) in [5.74, 6) is -0.393. The zero-order valence-electron chi connectivity index (χ0n) is 43.0. The molecule has 0 saturated carbocycles. The van der Waals surface area contributed by atoms with E-state index >= 15 is 9.59 Å². The first-order valence-corrected chi connectivity index (χ1v) is 26.7. The van der Waals surface area contributed by atoms with Crippen LogP contribution in [0.5, 0.6) is 0 Å².